The molecule has 1 aliphatic rings. The number of imidazole rings is 1. The third kappa shape index (κ3) is 7.24. The molecule has 0 saturated heterocycles. The molecular formula is C28H33F3N6O6S. The minimum atomic E-state index is -4.52. The molecule has 0 unspecified atom stereocenters. The molecule has 12 nitrogen and oxygen atoms in total. The topological polar surface area (TPSA) is 146 Å². The Bertz CT molecular complexity index is 1610. The van der Waals surface area contributed by atoms with E-state index in [0.717, 1.165) is 24.3 Å². The van der Waals surface area contributed by atoms with Crippen molar-refractivity contribution in [2.45, 2.75) is 37.2 Å². The first-order chi connectivity index (χ1) is 20.6. The van der Waals surface area contributed by atoms with Gasteiger partial charge in [0, 0.05) is 38.4 Å². The van der Waals surface area contributed by atoms with Gasteiger partial charge in [0.2, 0.25) is 0 Å². The van der Waals surface area contributed by atoms with Crippen LogP contribution in [0.25, 0.3) is 0 Å². The number of hydrogen-bond acceptors (Lipinski definition) is 7. The fourth-order valence-corrected chi connectivity index (χ4v) is 5.63. The molecule has 0 radical (unpaired) electrons. The third-order valence-corrected chi connectivity index (χ3v) is 8.41. The van der Waals surface area contributed by atoms with Gasteiger partial charge >= 0.3 is 12.2 Å². The number of para-hydroxylation sites is 1. The highest BCUT2D eigenvalue weighted by Crippen LogP contribution is 2.36. The van der Waals surface area contributed by atoms with Gasteiger partial charge in [0.25, 0.3) is 15.9 Å². The van der Waals surface area contributed by atoms with Crippen LogP contribution in [0.15, 0.2) is 60.0 Å². The fourth-order valence-electron chi connectivity index (χ4n) is 4.58. The van der Waals surface area contributed by atoms with Crippen LogP contribution in [-0.2, 0) is 23.2 Å². The van der Waals surface area contributed by atoms with Crippen LogP contribution >= 0.6 is 0 Å². The van der Waals surface area contributed by atoms with Crippen molar-refractivity contribution in [3.8, 4) is 5.75 Å². The Kier molecular flexibility index (Phi) is 9.44. The second kappa shape index (κ2) is 12.7. The summed E-state index contributed by atoms with van der Waals surface area (Å²) in [6.45, 7) is 3.20. The van der Waals surface area contributed by atoms with Gasteiger partial charge in [-0.1, -0.05) is 13.0 Å². The second-order valence-corrected chi connectivity index (χ2v) is 12.3. The molecule has 0 saturated carbocycles. The number of likely N-dealkylation sites (N-methyl/N-ethyl adjacent to an activating group) is 1. The van der Waals surface area contributed by atoms with E-state index in [0.29, 0.717) is 0 Å². The molecule has 2 heterocycles. The number of sulfonamides is 1. The van der Waals surface area contributed by atoms with Crippen LogP contribution in [0, 0.1) is 5.92 Å². The zero-order chi connectivity index (χ0) is 32.4. The number of aromatic nitrogens is 2. The number of anilines is 2. The van der Waals surface area contributed by atoms with Gasteiger partial charge < -0.3 is 29.5 Å². The normalized spacial score (nSPS) is 18.0. The van der Waals surface area contributed by atoms with Gasteiger partial charge in [-0.25, -0.2) is 9.78 Å². The van der Waals surface area contributed by atoms with Crippen LogP contribution in [-0.4, -0.2) is 83.7 Å². The summed E-state index contributed by atoms with van der Waals surface area (Å²) in [6, 6.07) is 7.15. The van der Waals surface area contributed by atoms with E-state index in [4.69, 9.17) is 4.74 Å². The number of aryl methyl sites for hydroxylation is 1. The number of carbonyl (C=O) groups excluding carboxylic acids is 2. The first-order valence-electron chi connectivity index (χ1n) is 13.5. The summed E-state index contributed by atoms with van der Waals surface area (Å²) in [4.78, 5) is 33.3. The number of aliphatic hydroxyl groups is 1. The number of amides is 3. The molecule has 0 spiro atoms. The fraction of sp³-hybridized carbons (Fsp3) is 0.393. The van der Waals surface area contributed by atoms with Crippen LogP contribution in [0.4, 0.5) is 29.3 Å². The number of nitrogens with zero attached hydrogens (tertiary/aromatic N) is 4. The summed E-state index contributed by atoms with van der Waals surface area (Å²) in [5.74, 6) is -0.984. The quantitative estimate of drug-likeness (QED) is 0.342. The highest BCUT2D eigenvalue weighted by Gasteiger charge is 2.36. The summed E-state index contributed by atoms with van der Waals surface area (Å²) in [6.07, 6.45) is -2.68. The van der Waals surface area contributed by atoms with E-state index in [1.165, 1.54) is 52.1 Å². The number of rotatable bonds is 8. The smallest absolute Gasteiger partial charge is 0.416 e. The lowest BCUT2D eigenvalue weighted by Gasteiger charge is -2.38. The monoisotopic (exact) mass is 638 g/mol. The van der Waals surface area contributed by atoms with Crippen LogP contribution in [0.5, 0.6) is 5.75 Å². The second-order valence-electron chi connectivity index (χ2n) is 10.7. The Balaban J connectivity index is 1.64. The molecule has 44 heavy (non-hydrogen) atoms. The van der Waals surface area contributed by atoms with Crippen LogP contribution in [0.1, 0.15) is 29.8 Å². The summed E-state index contributed by atoms with van der Waals surface area (Å²) in [5, 5.41) is 12.2. The molecule has 0 aliphatic carbocycles. The summed E-state index contributed by atoms with van der Waals surface area (Å²) in [5.41, 5.74) is -0.703. The molecule has 0 fully saturated rings. The first kappa shape index (κ1) is 32.6. The van der Waals surface area contributed by atoms with Crippen molar-refractivity contribution >= 4 is 33.3 Å². The van der Waals surface area contributed by atoms with E-state index in [1.54, 1.807) is 20.9 Å². The SMILES string of the molecule is C[C@@H]1CN([C@H](C)CO)C(=O)c2cccc(NS(=O)(=O)c3cn(C)cn3)c2O[C@H]1CN(C)C(=O)Nc1ccc(C(F)(F)F)cc1. The summed E-state index contributed by atoms with van der Waals surface area (Å²) >= 11 is 0. The van der Waals surface area contributed by atoms with E-state index in [2.05, 4.69) is 15.0 Å². The van der Waals surface area contributed by atoms with Gasteiger partial charge in [0.05, 0.1) is 42.3 Å². The molecule has 238 valence electrons. The predicted molar refractivity (Wildman–Crippen MR) is 155 cm³/mol. The summed E-state index contributed by atoms with van der Waals surface area (Å²) < 4.78 is 75.2. The van der Waals surface area contributed by atoms with Crippen LogP contribution in [0.2, 0.25) is 0 Å². The minimum absolute atomic E-state index is 0.0333. The van der Waals surface area contributed by atoms with Gasteiger partial charge in [0.1, 0.15) is 6.10 Å². The number of fused-ring (bicyclic) bond motifs is 1. The van der Waals surface area contributed by atoms with E-state index < -0.39 is 51.8 Å². The minimum Gasteiger partial charge on any atom is -0.485 e. The Morgan fingerprint density at radius 3 is 2.50 bits per heavy atom. The Labute approximate surface area is 252 Å². The van der Waals surface area contributed by atoms with Crippen molar-refractivity contribution in [2.75, 3.05) is 36.8 Å². The number of urea groups is 1. The predicted octanol–water partition coefficient (Wildman–Crippen LogP) is 3.62. The molecule has 3 N–H and O–H groups in total. The Hall–Kier alpha value is -4.31. The number of benzene rings is 2. The van der Waals surface area contributed by atoms with Crippen molar-refractivity contribution in [3.63, 3.8) is 0 Å². The number of alkyl halides is 3. The van der Waals surface area contributed by atoms with Crippen molar-refractivity contribution in [1.29, 1.82) is 0 Å². The van der Waals surface area contributed by atoms with E-state index in [9.17, 15) is 36.3 Å². The lowest BCUT2D eigenvalue weighted by molar-refractivity contribution is -0.137. The zero-order valence-corrected chi connectivity index (χ0v) is 25.2. The zero-order valence-electron chi connectivity index (χ0n) is 24.4. The van der Waals surface area contributed by atoms with Crippen LogP contribution < -0.4 is 14.8 Å². The number of aliphatic hydroxyl groups excluding tert-OH is 1. The van der Waals surface area contributed by atoms with E-state index >= 15 is 0 Å². The highest BCUT2D eigenvalue weighted by atomic mass is 32.2. The average molecular weight is 639 g/mol. The summed E-state index contributed by atoms with van der Waals surface area (Å²) in [7, 11) is -1.11. The van der Waals surface area contributed by atoms with Crippen molar-refractivity contribution in [1.82, 2.24) is 19.4 Å². The van der Waals surface area contributed by atoms with E-state index in [1.807, 2.05) is 0 Å². The Morgan fingerprint density at radius 2 is 1.91 bits per heavy atom. The molecule has 0 bridgehead atoms. The van der Waals surface area contributed by atoms with Gasteiger partial charge in [-0.2, -0.15) is 21.6 Å². The maximum absolute atomic E-state index is 13.6. The molecule has 2 aromatic carbocycles. The maximum Gasteiger partial charge on any atom is 0.416 e. The third-order valence-electron chi connectivity index (χ3n) is 7.16. The standard InChI is InChI=1S/C28H33F3N6O6S/c1-17-12-37(18(2)15-38)26(39)21-6-5-7-22(34-44(41,42)24-14-35(3)16-32-24)25(21)43-23(17)13-36(4)27(40)33-20-10-8-19(9-11-20)28(29,30)31/h5-11,14,16-18,23,34,38H,12-13,15H2,1-4H3,(H,33,40)/t17-,18-,23+/m1/s1. The number of hydrogen-bond donors (Lipinski definition) is 3. The van der Waals surface area contributed by atoms with Gasteiger partial charge in [-0.05, 0) is 43.3 Å². The lowest BCUT2D eigenvalue weighted by atomic mass is 9.99. The van der Waals surface area contributed by atoms with Crippen LogP contribution in [0.3, 0.4) is 0 Å². The van der Waals surface area contributed by atoms with Crippen molar-refractivity contribution in [2.24, 2.45) is 13.0 Å². The Morgan fingerprint density at radius 1 is 1.23 bits per heavy atom. The van der Waals surface area contributed by atoms with Gasteiger partial charge in [-0.3, -0.25) is 9.52 Å². The largest absolute Gasteiger partial charge is 0.485 e. The highest BCUT2D eigenvalue weighted by molar-refractivity contribution is 7.92. The maximum atomic E-state index is 13.6. The van der Waals surface area contributed by atoms with Crippen molar-refractivity contribution < 1.29 is 41.0 Å². The van der Waals surface area contributed by atoms with Gasteiger partial charge in [-0.15, -0.1) is 0 Å². The first-order valence-corrected chi connectivity index (χ1v) is 15.0. The number of ether oxygens (including phenoxy) is 1. The lowest BCUT2D eigenvalue weighted by Crippen LogP contribution is -2.50. The molecule has 1 aromatic heterocycles. The molecule has 16 heteroatoms. The number of carbonyl (C=O) groups is 2. The molecule has 3 atom stereocenters. The molecule has 3 aromatic rings. The molecule has 1 aliphatic heterocycles. The average Bonchev–Trinajstić information content (AvgIpc) is 3.41. The molecule has 4 rings (SSSR count). The van der Waals surface area contributed by atoms with E-state index in [-0.39, 0.29) is 47.4 Å². The molecular weight excluding hydrogens is 605 g/mol. The van der Waals surface area contributed by atoms with Gasteiger partial charge in [0.15, 0.2) is 10.8 Å². The number of nitrogens with one attached hydrogen (secondary N) is 2. The number of halogens is 3. The van der Waals surface area contributed by atoms with Crippen molar-refractivity contribution in [3.05, 3.63) is 66.1 Å². The molecule has 3 amide bonds.